The molecular weight excluding hydrogens is 519 g/mol. The topological polar surface area (TPSA) is 158 Å². The van der Waals surface area contributed by atoms with Gasteiger partial charge in [-0.05, 0) is 59.4 Å². The van der Waals surface area contributed by atoms with E-state index in [0.29, 0.717) is 27.2 Å². The monoisotopic (exact) mass is 536 g/mol. The number of amides is 2. The van der Waals surface area contributed by atoms with Gasteiger partial charge in [0.1, 0.15) is 11.6 Å². The number of anilines is 1. The van der Waals surface area contributed by atoms with Gasteiger partial charge in [0.2, 0.25) is 0 Å². The second-order valence-electron chi connectivity index (χ2n) is 5.95. The van der Waals surface area contributed by atoms with Gasteiger partial charge in [0.25, 0.3) is 17.5 Å². The van der Waals surface area contributed by atoms with Crippen molar-refractivity contribution in [3.05, 3.63) is 61.2 Å². The molecule has 0 saturated carbocycles. The number of hydrogen-bond acceptors (Lipinski definition) is 7. The van der Waals surface area contributed by atoms with Crippen LogP contribution in [0, 0.1) is 25.0 Å². The molecule has 0 aliphatic heterocycles. The Bertz CT molecular complexity index is 1090. The summed E-state index contributed by atoms with van der Waals surface area (Å²) in [5.74, 6) is -0.743. The molecule has 11 heteroatoms. The van der Waals surface area contributed by atoms with E-state index in [-0.39, 0.29) is 23.6 Å². The molecule has 160 valence electrons. The van der Waals surface area contributed by atoms with E-state index in [9.17, 15) is 25.0 Å². The summed E-state index contributed by atoms with van der Waals surface area (Å²) in [6.07, 6.45) is 1.34. The third kappa shape index (κ3) is 6.68. The standard InChI is InChI=1S/C20H17IN4O6/c1-2-30-17-8-12(7-16(21)19(17)31-11-18(23)26)6-13(10-22)20(27)24-14-4-3-5-15(9-14)25(28)29/h3-9H,2,11H2,1H3,(H2,23,26)(H,24,27)/b13-6+. The Kier molecular flexibility index (Phi) is 8.33. The first-order valence-electron chi connectivity index (χ1n) is 8.80. The maximum absolute atomic E-state index is 12.5. The molecular formula is C20H17IN4O6. The highest BCUT2D eigenvalue weighted by Crippen LogP contribution is 2.35. The highest BCUT2D eigenvalue weighted by molar-refractivity contribution is 14.1. The number of benzene rings is 2. The number of nitrogens with two attached hydrogens (primary N) is 1. The van der Waals surface area contributed by atoms with Gasteiger partial charge in [0.05, 0.1) is 15.1 Å². The molecule has 10 nitrogen and oxygen atoms in total. The number of carbonyl (C=O) groups is 2. The van der Waals surface area contributed by atoms with Crippen molar-refractivity contribution in [3.8, 4) is 17.6 Å². The number of nitrogens with one attached hydrogen (secondary N) is 1. The molecule has 0 aromatic heterocycles. The fourth-order valence-corrected chi connectivity index (χ4v) is 3.21. The van der Waals surface area contributed by atoms with Crippen LogP contribution in [0.5, 0.6) is 11.5 Å². The Morgan fingerprint density at radius 3 is 2.68 bits per heavy atom. The zero-order valence-corrected chi connectivity index (χ0v) is 18.4. The van der Waals surface area contributed by atoms with Gasteiger partial charge in [0.15, 0.2) is 18.1 Å². The molecule has 31 heavy (non-hydrogen) atoms. The van der Waals surface area contributed by atoms with E-state index in [1.165, 1.54) is 30.3 Å². The molecule has 0 heterocycles. The van der Waals surface area contributed by atoms with E-state index in [1.54, 1.807) is 19.1 Å². The number of carbonyl (C=O) groups excluding carboxylic acids is 2. The summed E-state index contributed by atoms with van der Waals surface area (Å²) in [7, 11) is 0. The van der Waals surface area contributed by atoms with Crippen molar-refractivity contribution in [2.45, 2.75) is 6.92 Å². The van der Waals surface area contributed by atoms with Crippen molar-refractivity contribution >= 4 is 51.9 Å². The van der Waals surface area contributed by atoms with Gasteiger partial charge >= 0.3 is 0 Å². The molecule has 0 aliphatic rings. The van der Waals surface area contributed by atoms with Crippen LogP contribution >= 0.6 is 22.6 Å². The molecule has 0 bridgehead atoms. The molecule has 0 spiro atoms. The molecule has 0 fully saturated rings. The van der Waals surface area contributed by atoms with Crippen LogP contribution in [0.3, 0.4) is 0 Å². The number of halogens is 1. The van der Waals surface area contributed by atoms with Crippen LogP contribution in [0.15, 0.2) is 42.0 Å². The molecule has 2 aromatic carbocycles. The summed E-state index contributed by atoms with van der Waals surface area (Å²) in [6.45, 7) is 1.75. The Hall–Kier alpha value is -3.66. The lowest BCUT2D eigenvalue weighted by Gasteiger charge is -2.14. The Balaban J connectivity index is 2.33. The first kappa shape index (κ1) is 23.6. The lowest BCUT2D eigenvalue weighted by Crippen LogP contribution is -2.20. The maximum Gasteiger partial charge on any atom is 0.271 e. The number of primary amides is 1. The Morgan fingerprint density at radius 2 is 2.06 bits per heavy atom. The summed E-state index contributed by atoms with van der Waals surface area (Å²) < 4.78 is 11.5. The third-order valence-electron chi connectivity index (χ3n) is 3.68. The van der Waals surface area contributed by atoms with Gasteiger partial charge in [-0.3, -0.25) is 19.7 Å². The van der Waals surface area contributed by atoms with Crippen LogP contribution in [-0.2, 0) is 9.59 Å². The second kappa shape index (κ2) is 10.9. The van der Waals surface area contributed by atoms with E-state index in [0.717, 1.165) is 0 Å². The summed E-state index contributed by atoms with van der Waals surface area (Å²) in [5.41, 5.74) is 5.36. The van der Waals surface area contributed by atoms with E-state index in [4.69, 9.17) is 15.2 Å². The third-order valence-corrected chi connectivity index (χ3v) is 4.48. The van der Waals surface area contributed by atoms with E-state index in [1.807, 2.05) is 28.7 Å². The predicted molar refractivity (Wildman–Crippen MR) is 120 cm³/mol. The fourth-order valence-electron chi connectivity index (χ4n) is 2.43. The van der Waals surface area contributed by atoms with Crippen LogP contribution in [0.2, 0.25) is 0 Å². The number of hydrogen-bond donors (Lipinski definition) is 2. The molecule has 0 aliphatic carbocycles. The second-order valence-corrected chi connectivity index (χ2v) is 7.11. The highest BCUT2D eigenvalue weighted by atomic mass is 127. The number of non-ortho nitro benzene ring substituents is 1. The van der Waals surface area contributed by atoms with Gasteiger partial charge in [0, 0.05) is 17.8 Å². The smallest absolute Gasteiger partial charge is 0.271 e. The predicted octanol–water partition coefficient (Wildman–Crippen LogP) is 3.01. The lowest BCUT2D eigenvalue weighted by molar-refractivity contribution is -0.384. The van der Waals surface area contributed by atoms with Crippen molar-refractivity contribution in [2.75, 3.05) is 18.5 Å². The summed E-state index contributed by atoms with van der Waals surface area (Å²) >= 11 is 1.97. The minimum absolute atomic E-state index is 0.181. The highest BCUT2D eigenvalue weighted by Gasteiger charge is 2.16. The van der Waals surface area contributed by atoms with E-state index < -0.39 is 16.7 Å². The minimum atomic E-state index is -0.731. The Labute approximate surface area is 190 Å². The number of nitro groups is 1. The van der Waals surface area contributed by atoms with Gasteiger partial charge in [-0.2, -0.15) is 5.26 Å². The molecule has 2 amide bonds. The zero-order valence-electron chi connectivity index (χ0n) is 16.3. The first-order valence-corrected chi connectivity index (χ1v) is 9.88. The van der Waals surface area contributed by atoms with Gasteiger partial charge < -0.3 is 20.5 Å². The minimum Gasteiger partial charge on any atom is -0.490 e. The van der Waals surface area contributed by atoms with Crippen LogP contribution in [-0.4, -0.2) is 30.0 Å². The quantitative estimate of drug-likeness (QED) is 0.164. The van der Waals surface area contributed by atoms with Crippen molar-refractivity contribution < 1.29 is 24.0 Å². The van der Waals surface area contributed by atoms with Crippen LogP contribution < -0.4 is 20.5 Å². The molecule has 0 unspecified atom stereocenters. The first-order chi connectivity index (χ1) is 14.7. The van der Waals surface area contributed by atoms with Gasteiger partial charge in [-0.1, -0.05) is 6.07 Å². The summed E-state index contributed by atoms with van der Waals surface area (Å²) in [6, 6.07) is 10.4. The lowest BCUT2D eigenvalue weighted by atomic mass is 10.1. The number of nitrogens with zero attached hydrogens (tertiary/aromatic N) is 2. The molecule has 2 rings (SSSR count). The number of ether oxygens (including phenoxy) is 2. The van der Waals surface area contributed by atoms with Crippen LogP contribution in [0.25, 0.3) is 6.08 Å². The molecule has 0 radical (unpaired) electrons. The molecule has 0 saturated heterocycles. The number of nitriles is 1. The normalized spacial score (nSPS) is 10.7. The maximum atomic E-state index is 12.5. The van der Waals surface area contributed by atoms with E-state index in [2.05, 4.69) is 5.32 Å². The van der Waals surface area contributed by atoms with Crippen LogP contribution in [0.4, 0.5) is 11.4 Å². The average molecular weight is 536 g/mol. The Morgan fingerprint density at radius 1 is 1.32 bits per heavy atom. The SMILES string of the molecule is CCOc1cc(/C=C(\C#N)C(=O)Nc2cccc([N+](=O)[O-])c2)cc(I)c1OCC(N)=O. The molecule has 3 N–H and O–H groups in total. The van der Waals surface area contributed by atoms with Crippen LogP contribution in [0.1, 0.15) is 12.5 Å². The zero-order chi connectivity index (χ0) is 23.0. The van der Waals surface area contributed by atoms with Crippen molar-refractivity contribution in [2.24, 2.45) is 5.73 Å². The molecule has 2 aromatic rings. The van der Waals surface area contributed by atoms with Crippen molar-refractivity contribution in [1.82, 2.24) is 0 Å². The summed E-state index contributed by atoms with van der Waals surface area (Å²) in [5, 5.41) is 22.8. The van der Waals surface area contributed by atoms with Crippen molar-refractivity contribution in [3.63, 3.8) is 0 Å². The number of nitro benzene ring substituents is 1. The summed E-state index contributed by atoms with van der Waals surface area (Å²) in [4.78, 5) is 33.8. The number of rotatable bonds is 9. The largest absolute Gasteiger partial charge is 0.490 e. The average Bonchev–Trinajstić information content (AvgIpc) is 2.71. The van der Waals surface area contributed by atoms with E-state index >= 15 is 0 Å². The van der Waals surface area contributed by atoms with Crippen molar-refractivity contribution in [1.29, 1.82) is 5.26 Å². The molecule has 0 atom stereocenters. The van der Waals surface area contributed by atoms with Gasteiger partial charge in [-0.15, -0.1) is 0 Å². The fraction of sp³-hybridized carbons (Fsp3) is 0.150. The van der Waals surface area contributed by atoms with Gasteiger partial charge in [-0.25, -0.2) is 0 Å².